The fourth-order valence-corrected chi connectivity index (χ4v) is 3.92. The molecular weight excluding hydrogens is 520 g/mol. The zero-order valence-corrected chi connectivity index (χ0v) is 19.6. The smallest absolute Gasteiger partial charge is 0.329 e. The van der Waals surface area contributed by atoms with Crippen LogP contribution in [0.15, 0.2) is 30.3 Å². The number of hydrazine groups is 1. The van der Waals surface area contributed by atoms with Gasteiger partial charge in [-0.25, -0.2) is 4.79 Å². The zero-order valence-electron chi connectivity index (χ0n) is 16.6. The van der Waals surface area contributed by atoms with Crippen molar-refractivity contribution in [3.05, 3.63) is 67.1 Å². The maximum absolute atomic E-state index is 12.8. The average molecular weight is 533 g/mol. The van der Waals surface area contributed by atoms with Crippen molar-refractivity contribution in [1.29, 1.82) is 0 Å². The number of amides is 4. The van der Waals surface area contributed by atoms with Crippen LogP contribution in [0.4, 0.5) is 0 Å². The first-order valence-electron chi connectivity index (χ1n) is 9.11. The molecule has 33 heavy (non-hydrogen) atoms. The molecule has 0 aromatic heterocycles. The van der Waals surface area contributed by atoms with Gasteiger partial charge in [-0.2, -0.15) is 0 Å². The molecule has 2 N–H and O–H groups in total. The first-order valence-corrected chi connectivity index (χ1v) is 10.6. The molecule has 0 aliphatic carbocycles. The normalized spacial score (nSPS) is 13.4. The van der Waals surface area contributed by atoms with Gasteiger partial charge in [0.25, 0.3) is 23.6 Å². The third-order valence-electron chi connectivity index (χ3n) is 4.56. The van der Waals surface area contributed by atoms with Crippen LogP contribution >= 0.6 is 46.4 Å². The lowest BCUT2D eigenvalue weighted by molar-refractivity contribution is -0.152. The predicted octanol–water partition coefficient (Wildman–Crippen LogP) is 3.29. The maximum Gasteiger partial charge on any atom is 0.329 e. The molecule has 2 aromatic carbocycles. The highest BCUT2D eigenvalue weighted by Crippen LogP contribution is 2.45. The van der Waals surface area contributed by atoms with Crippen molar-refractivity contribution in [2.75, 3.05) is 6.61 Å². The molecular formula is C20H13Cl4N3O6. The number of nitrogens with one attached hydrogen (secondary N) is 2. The third kappa shape index (κ3) is 4.77. The Kier molecular flexibility index (Phi) is 7.48. The highest BCUT2D eigenvalue weighted by Gasteiger charge is 2.45. The lowest BCUT2D eigenvalue weighted by Gasteiger charge is -2.20. The van der Waals surface area contributed by atoms with E-state index in [0.717, 1.165) is 0 Å². The van der Waals surface area contributed by atoms with Crippen LogP contribution in [0.1, 0.15) is 38.0 Å². The second-order valence-corrected chi connectivity index (χ2v) is 8.15. The van der Waals surface area contributed by atoms with Crippen molar-refractivity contribution in [3.63, 3.8) is 0 Å². The van der Waals surface area contributed by atoms with Crippen LogP contribution in [0.2, 0.25) is 20.1 Å². The first-order chi connectivity index (χ1) is 15.6. The number of esters is 1. The lowest BCUT2D eigenvalue weighted by atomic mass is 10.1. The summed E-state index contributed by atoms with van der Waals surface area (Å²) in [5, 5.41) is -0.990. The van der Waals surface area contributed by atoms with Crippen LogP contribution in [-0.2, 0) is 14.3 Å². The highest BCUT2D eigenvalue weighted by atomic mass is 35.5. The van der Waals surface area contributed by atoms with Crippen LogP contribution in [-0.4, -0.2) is 47.1 Å². The molecule has 1 aliphatic rings. The van der Waals surface area contributed by atoms with Gasteiger partial charge in [-0.3, -0.25) is 34.9 Å². The Morgan fingerprint density at radius 1 is 0.879 bits per heavy atom. The van der Waals surface area contributed by atoms with Crippen molar-refractivity contribution in [2.24, 2.45) is 0 Å². The molecule has 0 saturated carbocycles. The van der Waals surface area contributed by atoms with Crippen LogP contribution < -0.4 is 10.9 Å². The number of fused-ring (bicyclic) bond motifs is 1. The van der Waals surface area contributed by atoms with Gasteiger partial charge >= 0.3 is 5.97 Å². The number of ether oxygens (including phenoxy) is 1. The Balaban J connectivity index is 1.62. The summed E-state index contributed by atoms with van der Waals surface area (Å²) in [6, 6.07) is 6.63. The summed E-state index contributed by atoms with van der Waals surface area (Å²) in [7, 11) is 0. The molecule has 13 heteroatoms. The van der Waals surface area contributed by atoms with Crippen LogP contribution in [0, 0.1) is 0 Å². The summed E-state index contributed by atoms with van der Waals surface area (Å²) in [6.45, 7) is 0.421. The van der Waals surface area contributed by atoms with Gasteiger partial charge < -0.3 is 4.74 Å². The Labute approximate surface area is 206 Å². The highest BCUT2D eigenvalue weighted by molar-refractivity contribution is 6.55. The van der Waals surface area contributed by atoms with E-state index in [4.69, 9.17) is 51.1 Å². The molecule has 1 atom stereocenters. The number of halogens is 4. The minimum atomic E-state index is -1.44. The number of rotatable bonds is 5. The van der Waals surface area contributed by atoms with Crippen LogP contribution in [0.5, 0.6) is 0 Å². The van der Waals surface area contributed by atoms with E-state index in [9.17, 15) is 24.0 Å². The molecule has 0 unspecified atom stereocenters. The second kappa shape index (κ2) is 9.96. The monoisotopic (exact) mass is 531 g/mol. The Hall–Kier alpha value is -2.85. The summed E-state index contributed by atoms with van der Waals surface area (Å²) >= 11 is 24.0. The van der Waals surface area contributed by atoms with Gasteiger partial charge in [-0.1, -0.05) is 64.6 Å². The summed E-state index contributed by atoms with van der Waals surface area (Å²) in [6.07, 6.45) is 0. The van der Waals surface area contributed by atoms with Crippen molar-refractivity contribution in [3.8, 4) is 0 Å². The molecule has 0 spiro atoms. The molecule has 1 heterocycles. The van der Waals surface area contributed by atoms with Crippen molar-refractivity contribution in [2.45, 2.75) is 13.0 Å². The van der Waals surface area contributed by atoms with Crippen LogP contribution in [0.25, 0.3) is 0 Å². The molecule has 0 bridgehead atoms. The third-order valence-corrected chi connectivity index (χ3v) is 6.36. The Morgan fingerprint density at radius 3 is 1.91 bits per heavy atom. The number of nitrogens with zero attached hydrogens (tertiary/aromatic N) is 1. The second-order valence-electron chi connectivity index (χ2n) is 6.64. The van der Waals surface area contributed by atoms with Crippen molar-refractivity contribution < 1.29 is 28.7 Å². The Bertz CT molecular complexity index is 1140. The maximum atomic E-state index is 12.8. The minimum Gasteiger partial charge on any atom is -0.454 e. The van der Waals surface area contributed by atoms with Gasteiger partial charge in [-0.05, 0) is 19.1 Å². The fourth-order valence-electron chi connectivity index (χ4n) is 2.91. The molecule has 0 radical (unpaired) electrons. The van der Waals surface area contributed by atoms with E-state index in [1.807, 2.05) is 0 Å². The van der Waals surface area contributed by atoms with E-state index < -0.39 is 42.2 Å². The molecule has 0 saturated heterocycles. The number of benzene rings is 2. The molecule has 172 valence electrons. The largest absolute Gasteiger partial charge is 0.454 e. The molecule has 1 aliphatic heterocycles. The molecule has 3 rings (SSSR count). The van der Waals surface area contributed by atoms with Gasteiger partial charge in [0, 0.05) is 5.56 Å². The van der Waals surface area contributed by atoms with E-state index in [-0.39, 0.29) is 31.2 Å². The number of hydrogen-bond donors (Lipinski definition) is 2. The van der Waals surface area contributed by atoms with E-state index in [0.29, 0.717) is 10.5 Å². The predicted molar refractivity (Wildman–Crippen MR) is 119 cm³/mol. The molecule has 0 fully saturated rings. The van der Waals surface area contributed by atoms with E-state index in [1.54, 1.807) is 18.2 Å². The molecule has 2 aromatic rings. The number of imide groups is 1. The standard InChI is InChI=1S/C20H13Cl4N3O6/c1-8(20(32)33-7-10(28)25-26-17(29)9-5-3-2-4-6-9)27-18(30)11-12(19(27)31)14(22)16(24)15(23)13(11)21/h2-6,8H,7H2,1H3,(H,25,28)(H,26,29)/t8-/m0/s1. The summed E-state index contributed by atoms with van der Waals surface area (Å²) < 4.78 is 4.85. The van der Waals surface area contributed by atoms with Gasteiger partial charge in [0.15, 0.2) is 6.61 Å². The zero-order chi connectivity index (χ0) is 24.4. The van der Waals surface area contributed by atoms with E-state index in [1.165, 1.54) is 19.1 Å². The van der Waals surface area contributed by atoms with Crippen molar-refractivity contribution >= 4 is 76.0 Å². The summed E-state index contributed by atoms with van der Waals surface area (Å²) in [5.74, 6) is -4.36. The summed E-state index contributed by atoms with van der Waals surface area (Å²) in [4.78, 5) is 62.3. The molecule has 9 nitrogen and oxygen atoms in total. The lowest BCUT2D eigenvalue weighted by Crippen LogP contribution is -2.46. The van der Waals surface area contributed by atoms with Crippen LogP contribution in [0.3, 0.4) is 0 Å². The first kappa shape index (κ1) is 24.8. The fraction of sp³-hybridized carbons (Fsp3) is 0.150. The van der Waals surface area contributed by atoms with E-state index in [2.05, 4.69) is 10.9 Å². The van der Waals surface area contributed by atoms with Gasteiger partial charge in [0.2, 0.25) is 0 Å². The van der Waals surface area contributed by atoms with E-state index >= 15 is 0 Å². The molecule has 4 amide bonds. The van der Waals surface area contributed by atoms with Gasteiger partial charge in [0.1, 0.15) is 6.04 Å². The average Bonchev–Trinajstić information content (AvgIpc) is 3.08. The summed E-state index contributed by atoms with van der Waals surface area (Å²) in [5.41, 5.74) is 3.95. The number of carbonyl (C=O) groups excluding carboxylic acids is 5. The van der Waals surface area contributed by atoms with Gasteiger partial charge in [0.05, 0.1) is 31.2 Å². The van der Waals surface area contributed by atoms with Gasteiger partial charge in [-0.15, -0.1) is 0 Å². The topological polar surface area (TPSA) is 122 Å². The SMILES string of the molecule is C[C@@H](C(=O)OCC(=O)NNC(=O)c1ccccc1)N1C(=O)c2c(Cl)c(Cl)c(Cl)c(Cl)c2C1=O. The number of hydrogen-bond acceptors (Lipinski definition) is 6. The minimum absolute atomic E-state index is 0.213. The number of carbonyl (C=O) groups is 5. The Morgan fingerprint density at radius 2 is 1.39 bits per heavy atom. The van der Waals surface area contributed by atoms with Crippen molar-refractivity contribution in [1.82, 2.24) is 15.8 Å². The quantitative estimate of drug-likeness (QED) is 0.200.